The maximum atomic E-state index is 12.9. The number of benzene rings is 1. The third kappa shape index (κ3) is 4.58. The van der Waals surface area contributed by atoms with E-state index < -0.39 is 10.0 Å². The Morgan fingerprint density at radius 2 is 2.00 bits per heavy atom. The van der Waals surface area contributed by atoms with Crippen LogP contribution in [0.5, 0.6) is 0 Å². The molecule has 3 rings (SSSR count). The Morgan fingerprint density at radius 3 is 2.68 bits per heavy atom. The molecule has 1 amide bonds. The van der Waals surface area contributed by atoms with Gasteiger partial charge >= 0.3 is 0 Å². The maximum Gasteiger partial charge on any atom is 0.265 e. The van der Waals surface area contributed by atoms with Crippen molar-refractivity contribution < 1.29 is 17.9 Å². The van der Waals surface area contributed by atoms with Crippen molar-refractivity contribution in [1.82, 2.24) is 4.31 Å². The number of halogens is 1. The number of nitrogens with zero attached hydrogens (tertiary/aromatic N) is 1. The number of thiophene rings is 1. The zero-order chi connectivity index (χ0) is 20.3. The minimum Gasteiger partial charge on any atom is -0.379 e. The van der Waals surface area contributed by atoms with Gasteiger partial charge in [0.1, 0.15) is 4.90 Å². The van der Waals surface area contributed by atoms with E-state index in [-0.39, 0.29) is 28.9 Å². The highest BCUT2D eigenvalue weighted by Gasteiger charge is 2.28. The van der Waals surface area contributed by atoms with Crippen LogP contribution in [0.2, 0.25) is 5.02 Å². The van der Waals surface area contributed by atoms with Gasteiger partial charge in [-0.3, -0.25) is 4.79 Å². The first-order valence-electron chi connectivity index (χ1n) is 9.11. The molecule has 0 atom stereocenters. The van der Waals surface area contributed by atoms with Crippen LogP contribution in [-0.4, -0.2) is 44.9 Å². The molecule has 0 unspecified atom stereocenters. The van der Waals surface area contributed by atoms with Gasteiger partial charge in [0.2, 0.25) is 10.0 Å². The van der Waals surface area contributed by atoms with Crippen molar-refractivity contribution in [2.45, 2.75) is 31.6 Å². The van der Waals surface area contributed by atoms with Crippen LogP contribution in [0.25, 0.3) is 0 Å². The van der Waals surface area contributed by atoms with Crippen molar-refractivity contribution in [1.29, 1.82) is 0 Å². The number of amides is 1. The molecule has 2 heterocycles. The Morgan fingerprint density at radius 1 is 1.29 bits per heavy atom. The van der Waals surface area contributed by atoms with Gasteiger partial charge in [-0.15, -0.1) is 11.3 Å². The van der Waals surface area contributed by atoms with Gasteiger partial charge in [-0.1, -0.05) is 24.9 Å². The summed E-state index contributed by atoms with van der Waals surface area (Å²) in [4.78, 5) is 14.3. The van der Waals surface area contributed by atoms with Crippen LogP contribution in [0.1, 0.15) is 33.5 Å². The first-order chi connectivity index (χ1) is 13.3. The van der Waals surface area contributed by atoms with E-state index in [4.69, 9.17) is 16.3 Å². The molecule has 1 aromatic carbocycles. The lowest BCUT2D eigenvalue weighted by atomic mass is 10.1. The summed E-state index contributed by atoms with van der Waals surface area (Å²) in [6.45, 7) is 5.37. The smallest absolute Gasteiger partial charge is 0.265 e. The average Bonchev–Trinajstić information content (AvgIpc) is 3.05. The molecule has 1 fully saturated rings. The molecule has 0 radical (unpaired) electrons. The number of sulfonamides is 1. The van der Waals surface area contributed by atoms with Crippen LogP contribution >= 0.6 is 22.9 Å². The first kappa shape index (κ1) is 21.3. The third-order valence-electron chi connectivity index (χ3n) is 4.54. The van der Waals surface area contributed by atoms with Gasteiger partial charge in [-0.2, -0.15) is 4.31 Å². The SMILES string of the molecule is CCCc1cc(C(=O)Nc2ccc(Cl)c(S(=O)(=O)N3CCOCC3)c2)sc1C. The number of anilines is 1. The van der Waals surface area contributed by atoms with E-state index in [1.807, 2.05) is 13.0 Å². The van der Waals surface area contributed by atoms with E-state index in [9.17, 15) is 13.2 Å². The number of hydrogen-bond acceptors (Lipinski definition) is 5. The van der Waals surface area contributed by atoms with Crippen LogP contribution in [0, 0.1) is 6.92 Å². The minimum absolute atomic E-state index is 0.0112. The summed E-state index contributed by atoms with van der Waals surface area (Å²) in [7, 11) is -3.75. The number of nitrogens with one attached hydrogen (secondary N) is 1. The average molecular weight is 443 g/mol. The summed E-state index contributed by atoms with van der Waals surface area (Å²) >= 11 is 7.60. The van der Waals surface area contributed by atoms with Crippen LogP contribution in [-0.2, 0) is 21.2 Å². The van der Waals surface area contributed by atoms with Crippen molar-refractivity contribution in [3.05, 3.63) is 44.6 Å². The Labute approximate surface area is 174 Å². The second kappa shape index (κ2) is 8.92. The van der Waals surface area contributed by atoms with Gasteiger partial charge < -0.3 is 10.1 Å². The van der Waals surface area contributed by atoms with Gasteiger partial charge in [0.25, 0.3) is 5.91 Å². The van der Waals surface area contributed by atoms with Gasteiger partial charge in [0.15, 0.2) is 0 Å². The Kier molecular flexibility index (Phi) is 6.77. The van der Waals surface area contributed by atoms with E-state index in [2.05, 4.69) is 12.2 Å². The predicted octanol–water partition coefficient (Wildman–Crippen LogP) is 3.94. The zero-order valence-electron chi connectivity index (χ0n) is 15.8. The standard InChI is InChI=1S/C19H23ClN2O4S2/c1-3-4-14-11-17(27-13(14)2)19(23)21-15-5-6-16(20)18(12-15)28(24,25)22-7-9-26-10-8-22/h5-6,11-12H,3-4,7-10H2,1-2H3,(H,21,23). The Hall–Kier alpha value is -1.45. The molecule has 2 aromatic rings. The number of aryl methyl sites for hydroxylation is 2. The monoisotopic (exact) mass is 442 g/mol. The summed E-state index contributed by atoms with van der Waals surface area (Å²) in [5.74, 6) is -0.257. The molecule has 0 saturated carbocycles. The molecule has 28 heavy (non-hydrogen) atoms. The molecular weight excluding hydrogens is 420 g/mol. The van der Waals surface area contributed by atoms with Gasteiger partial charge in [-0.05, 0) is 43.2 Å². The van der Waals surface area contributed by atoms with E-state index in [1.54, 1.807) is 6.07 Å². The Balaban J connectivity index is 1.83. The number of hydrogen-bond donors (Lipinski definition) is 1. The second-order valence-corrected chi connectivity index (χ2v) is 10.1. The molecule has 0 aliphatic carbocycles. The molecule has 152 valence electrons. The molecule has 0 bridgehead atoms. The van der Waals surface area contributed by atoms with Crippen LogP contribution in [0.15, 0.2) is 29.2 Å². The molecule has 1 saturated heterocycles. The van der Waals surface area contributed by atoms with Crippen LogP contribution in [0.4, 0.5) is 5.69 Å². The fraction of sp³-hybridized carbons (Fsp3) is 0.421. The summed E-state index contributed by atoms with van der Waals surface area (Å²) in [5.41, 5.74) is 1.56. The number of morpholine rings is 1. The Bertz CT molecular complexity index is 966. The second-order valence-electron chi connectivity index (χ2n) is 6.56. The van der Waals surface area contributed by atoms with Crippen molar-refractivity contribution in [2.75, 3.05) is 31.6 Å². The molecular formula is C19H23ClN2O4S2. The number of ether oxygens (including phenoxy) is 1. The molecule has 1 aliphatic rings. The predicted molar refractivity (Wildman–Crippen MR) is 112 cm³/mol. The van der Waals surface area contributed by atoms with Gasteiger partial charge in [-0.25, -0.2) is 8.42 Å². The molecule has 1 aliphatic heterocycles. The summed E-state index contributed by atoms with van der Waals surface area (Å²) in [6.07, 6.45) is 1.94. The largest absolute Gasteiger partial charge is 0.379 e. The lowest BCUT2D eigenvalue weighted by Gasteiger charge is -2.26. The molecule has 0 spiro atoms. The van der Waals surface area contributed by atoms with Crippen molar-refractivity contribution >= 4 is 44.6 Å². The van der Waals surface area contributed by atoms with Crippen molar-refractivity contribution in [2.24, 2.45) is 0 Å². The van der Waals surface area contributed by atoms with Gasteiger partial charge in [0, 0.05) is 23.7 Å². The molecule has 9 heteroatoms. The first-order valence-corrected chi connectivity index (χ1v) is 11.7. The highest BCUT2D eigenvalue weighted by atomic mass is 35.5. The summed E-state index contributed by atoms with van der Waals surface area (Å²) in [6, 6.07) is 6.41. The molecule has 6 nitrogen and oxygen atoms in total. The fourth-order valence-corrected chi connectivity index (χ4v) is 5.92. The molecule has 1 N–H and O–H groups in total. The summed E-state index contributed by atoms with van der Waals surface area (Å²) in [5, 5.41) is 2.92. The van der Waals surface area contributed by atoms with Crippen LogP contribution in [0.3, 0.4) is 0 Å². The van der Waals surface area contributed by atoms with E-state index in [0.29, 0.717) is 23.8 Å². The van der Waals surface area contributed by atoms with Gasteiger partial charge in [0.05, 0.1) is 23.1 Å². The van der Waals surface area contributed by atoms with E-state index >= 15 is 0 Å². The highest BCUT2D eigenvalue weighted by molar-refractivity contribution is 7.89. The minimum atomic E-state index is -3.75. The van der Waals surface area contributed by atoms with Crippen LogP contribution < -0.4 is 5.32 Å². The lowest BCUT2D eigenvalue weighted by molar-refractivity contribution is 0.0730. The summed E-state index contributed by atoms with van der Waals surface area (Å²) < 4.78 is 32.4. The highest BCUT2D eigenvalue weighted by Crippen LogP contribution is 2.29. The number of carbonyl (C=O) groups is 1. The van der Waals surface area contributed by atoms with Crippen molar-refractivity contribution in [3.63, 3.8) is 0 Å². The van der Waals surface area contributed by atoms with E-state index in [1.165, 1.54) is 33.3 Å². The molecule has 1 aromatic heterocycles. The maximum absolute atomic E-state index is 12.9. The number of rotatable bonds is 6. The lowest BCUT2D eigenvalue weighted by Crippen LogP contribution is -2.40. The topological polar surface area (TPSA) is 75.7 Å². The zero-order valence-corrected chi connectivity index (χ0v) is 18.2. The van der Waals surface area contributed by atoms with Crippen molar-refractivity contribution in [3.8, 4) is 0 Å². The quantitative estimate of drug-likeness (QED) is 0.735. The third-order valence-corrected chi connectivity index (χ3v) is 8.01. The normalized spacial score (nSPS) is 15.5. The fourth-order valence-electron chi connectivity index (χ4n) is 3.05. The number of carbonyl (C=O) groups excluding carboxylic acids is 1. The van der Waals surface area contributed by atoms with E-state index in [0.717, 1.165) is 17.7 Å².